The summed E-state index contributed by atoms with van der Waals surface area (Å²) < 4.78 is 40.4. The highest BCUT2D eigenvalue weighted by Crippen LogP contribution is 2.35. The standard InChI is InChI=1S/C11H20F3NO2/c12-11(13,14)5-7-17-6-3-9-2-1-4-10(9,15)8-16/h9,16H,1-8,15H2. The average Bonchev–Trinajstić information content (AvgIpc) is 2.59. The Morgan fingerprint density at radius 1 is 1.35 bits per heavy atom. The Morgan fingerprint density at radius 3 is 2.65 bits per heavy atom. The molecule has 0 aromatic rings. The number of rotatable bonds is 6. The van der Waals surface area contributed by atoms with Crippen LogP contribution in [0, 0.1) is 5.92 Å². The molecule has 1 rings (SSSR count). The van der Waals surface area contributed by atoms with E-state index in [1.54, 1.807) is 0 Å². The van der Waals surface area contributed by atoms with Gasteiger partial charge in [0.1, 0.15) is 0 Å². The minimum atomic E-state index is -4.16. The van der Waals surface area contributed by atoms with E-state index in [1.165, 1.54) is 0 Å². The number of aliphatic hydroxyl groups excluding tert-OH is 1. The number of halogens is 3. The van der Waals surface area contributed by atoms with Crippen molar-refractivity contribution >= 4 is 0 Å². The van der Waals surface area contributed by atoms with Gasteiger partial charge in [-0.05, 0) is 25.2 Å². The van der Waals surface area contributed by atoms with Crippen molar-refractivity contribution in [3.8, 4) is 0 Å². The predicted molar refractivity (Wildman–Crippen MR) is 57.5 cm³/mol. The number of nitrogens with two attached hydrogens (primary N) is 1. The van der Waals surface area contributed by atoms with Gasteiger partial charge in [0.15, 0.2) is 0 Å². The number of aliphatic hydroxyl groups is 1. The van der Waals surface area contributed by atoms with Crippen molar-refractivity contribution in [2.45, 2.75) is 43.8 Å². The summed E-state index contributed by atoms with van der Waals surface area (Å²) in [6, 6.07) is 0. The Kier molecular flexibility index (Phi) is 5.22. The smallest absolute Gasteiger partial charge is 0.391 e. The van der Waals surface area contributed by atoms with E-state index in [1.807, 2.05) is 0 Å². The maximum Gasteiger partial charge on any atom is 0.391 e. The zero-order valence-electron chi connectivity index (χ0n) is 9.80. The average molecular weight is 255 g/mol. The van der Waals surface area contributed by atoms with Crippen LogP contribution in [0.25, 0.3) is 0 Å². The third kappa shape index (κ3) is 4.81. The third-order valence-electron chi connectivity index (χ3n) is 3.44. The number of ether oxygens (including phenoxy) is 1. The van der Waals surface area contributed by atoms with Crippen molar-refractivity contribution in [1.82, 2.24) is 0 Å². The highest BCUT2D eigenvalue weighted by molar-refractivity contribution is 4.95. The first-order valence-electron chi connectivity index (χ1n) is 5.92. The Morgan fingerprint density at radius 2 is 2.06 bits per heavy atom. The molecule has 2 unspecified atom stereocenters. The summed E-state index contributed by atoms with van der Waals surface area (Å²) in [5, 5.41) is 9.19. The molecular formula is C11H20F3NO2. The molecule has 0 aromatic heterocycles. The summed E-state index contributed by atoms with van der Waals surface area (Å²) in [5.41, 5.74) is 5.44. The van der Waals surface area contributed by atoms with Crippen LogP contribution in [0.15, 0.2) is 0 Å². The van der Waals surface area contributed by atoms with E-state index < -0.39 is 18.1 Å². The largest absolute Gasteiger partial charge is 0.394 e. The zero-order valence-corrected chi connectivity index (χ0v) is 9.80. The lowest BCUT2D eigenvalue weighted by molar-refractivity contribution is -0.145. The first kappa shape index (κ1) is 14.7. The van der Waals surface area contributed by atoms with Gasteiger partial charge in [0.25, 0.3) is 0 Å². The van der Waals surface area contributed by atoms with Gasteiger partial charge in [-0.25, -0.2) is 0 Å². The molecule has 0 aliphatic heterocycles. The number of hydrogen-bond acceptors (Lipinski definition) is 3. The van der Waals surface area contributed by atoms with Crippen LogP contribution in [0.2, 0.25) is 0 Å². The van der Waals surface area contributed by atoms with E-state index in [9.17, 15) is 18.3 Å². The van der Waals surface area contributed by atoms with Crippen molar-refractivity contribution in [2.75, 3.05) is 19.8 Å². The quantitative estimate of drug-likeness (QED) is 0.712. The van der Waals surface area contributed by atoms with Gasteiger partial charge in [0.2, 0.25) is 0 Å². The Balaban J connectivity index is 2.14. The lowest BCUT2D eigenvalue weighted by atomic mass is 9.87. The molecule has 1 fully saturated rings. The van der Waals surface area contributed by atoms with Crippen LogP contribution in [-0.4, -0.2) is 36.6 Å². The molecule has 0 spiro atoms. The fraction of sp³-hybridized carbons (Fsp3) is 1.00. The van der Waals surface area contributed by atoms with E-state index in [2.05, 4.69) is 0 Å². The minimum Gasteiger partial charge on any atom is -0.394 e. The number of alkyl halides is 3. The third-order valence-corrected chi connectivity index (χ3v) is 3.44. The topological polar surface area (TPSA) is 55.5 Å². The van der Waals surface area contributed by atoms with E-state index in [-0.39, 0.29) is 25.7 Å². The fourth-order valence-electron chi connectivity index (χ4n) is 2.32. The Labute approximate surface area is 99.1 Å². The van der Waals surface area contributed by atoms with E-state index >= 15 is 0 Å². The summed E-state index contributed by atoms with van der Waals surface area (Å²) in [7, 11) is 0. The molecule has 0 aromatic carbocycles. The second-order valence-corrected chi connectivity index (χ2v) is 4.75. The summed E-state index contributed by atoms with van der Waals surface area (Å²) in [5.74, 6) is 0.151. The van der Waals surface area contributed by atoms with E-state index in [0.717, 1.165) is 19.3 Å². The van der Waals surface area contributed by atoms with Gasteiger partial charge in [-0.15, -0.1) is 0 Å². The molecule has 0 heterocycles. The zero-order chi connectivity index (χ0) is 12.9. The van der Waals surface area contributed by atoms with Crippen molar-refractivity contribution in [3.05, 3.63) is 0 Å². The van der Waals surface area contributed by atoms with Crippen LogP contribution >= 0.6 is 0 Å². The molecule has 1 aliphatic rings. The second kappa shape index (κ2) is 6.02. The Bertz CT molecular complexity index is 235. The van der Waals surface area contributed by atoms with Crippen molar-refractivity contribution < 1.29 is 23.0 Å². The van der Waals surface area contributed by atoms with Crippen LogP contribution in [0.3, 0.4) is 0 Å². The summed E-state index contributed by atoms with van der Waals surface area (Å²) >= 11 is 0. The van der Waals surface area contributed by atoms with Gasteiger partial charge >= 0.3 is 6.18 Å². The molecule has 3 nitrogen and oxygen atoms in total. The predicted octanol–water partition coefficient (Wildman–Crippen LogP) is 1.84. The maximum absolute atomic E-state index is 11.8. The summed E-state index contributed by atoms with van der Waals surface area (Å²) in [6.07, 6.45) is -1.79. The minimum absolute atomic E-state index is 0.0692. The summed E-state index contributed by atoms with van der Waals surface area (Å²) in [4.78, 5) is 0. The lowest BCUT2D eigenvalue weighted by Crippen LogP contribution is -2.47. The van der Waals surface area contributed by atoms with Gasteiger partial charge in [-0.3, -0.25) is 0 Å². The normalized spacial score (nSPS) is 29.8. The molecule has 102 valence electrons. The van der Waals surface area contributed by atoms with E-state index in [4.69, 9.17) is 10.5 Å². The molecule has 1 aliphatic carbocycles. The fourth-order valence-corrected chi connectivity index (χ4v) is 2.32. The molecule has 0 amide bonds. The SMILES string of the molecule is NC1(CO)CCCC1CCOCCC(F)(F)F. The lowest BCUT2D eigenvalue weighted by Gasteiger charge is -2.29. The van der Waals surface area contributed by atoms with Gasteiger partial charge < -0.3 is 15.6 Å². The van der Waals surface area contributed by atoms with Crippen LogP contribution in [-0.2, 0) is 4.74 Å². The molecule has 1 saturated carbocycles. The van der Waals surface area contributed by atoms with Crippen molar-refractivity contribution in [3.63, 3.8) is 0 Å². The van der Waals surface area contributed by atoms with Crippen LogP contribution in [0.4, 0.5) is 13.2 Å². The van der Waals surface area contributed by atoms with Crippen molar-refractivity contribution in [1.29, 1.82) is 0 Å². The first-order chi connectivity index (χ1) is 7.87. The van der Waals surface area contributed by atoms with Gasteiger partial charge in [-0.2, -0.15) is 13.2 Å². The first-order valence-corrected chi connectivity index (χ1v) is 5.92. The van der Waals surface area contributed by atoms with Crippen LogP contribution < -0.4 is 5.73 Å². The maximum atomic E-state index is 11.8. The highest BCUT2D eigenvalue weighted by atomic mass is 19.4. The monoisotopic (exact) mass is 255 g/mol. The van der Waals surface area contributed by atoms with Gasteiger partial charge in [0.05, 0.1) is 19.6 Å². The van der Waals surface area contributed by atoms with Crippen LogP contribution in [0.1, 0.15) is 32.1 Å². The Hall–Kier alpha value is -0.330. The molecule has 2 atom stereocenters. The van der Waals surface area contributed by atoms with E-state index in [0.29, 0.717) is 6.42 Å². The highest BCUT2D eigenvalue weighted by Gasteiger charge is 2.38. The van der Waals surface area contributed by atoms with Crippen LogP contribution in [0.5, 0.6) is 0 Å². The number of hydrogen-bond donors (Lipinski definition) is 2. The van der Waals surface area contributed by atoms with Gasteiger partial charge in [-0.1, -0.05) is 6.42 Å². The van der Waals surface area contributed by atoms with Crippen molar-refractivity contribution in [2.24, 2.45) is 11.7 Å². The molecule has 0 radical (unpaired) electrons. The summed E-state index contributed by atoms with van der Waals surface area (Å²) in [6.45, 7) is -0.0904. The molecule has 0 bridgehead atoms. The molecule has 6 heteroatoms. The second-order valence-electron chi connectivity index (χ2n) is 4.75. The van der Waals surface area contributed by atoms with Gasteiger partial charge in [0, 0.05) is 12.1 Å². The molecule has 3 N–H and O–H groups in total. The molecule has 17 heavy (non-hydrogen) atoms. The molecule has 0 saturated heterocycles. The molecular weight excluding hydrogens is 235 g/mol.